The number of benzene rings is 1. The largest absolute Gasteiger partial charge is 1.00 e. The summed E-state index contributed by atoms with van der Waals surface area (Å²) in [6.07, 6.45) is 4.74. The lowest BCUT2D eigenvalue weighted by Crippen LogP contribution is -3.00. The molecule has 3 heterocycles. The number of aromatic nitrogens is 1. The van der Waals surface area contributed by atoms with E-state index in [4.69, 9.17) is 4.42 Å². The molecule has 6 nitrogen and oxygen atoms in total. The highest BCUT2D eigenvalue weighted by Crippen LogP contribution is 2.19. The molecule has 0 spiro atoms. The highest BCUT2D eigenvalue weighted by atomic mass is 35.5. The molecule has 1 saturated heterocycles. The summed E-state index contributed by atoms with van der Waals surface area (Å²) in [6, 6.07) is 17.9. The average molecular weight is 511 g/mol. The molecule has 180 valence electrons. The van der Waals surface area contributed by atoms with Crippen molar-refractivity contribution >= 4 is 11.7 Å². The van der Waals surface area contributed by atoms with Crippen molar-refractivity contribution < 1.29 is 46.4 Å². The molecule has 1 amide bonds. The maximum absolute atomic E-state index is 13.1. The van der Waals surface area contributed by atoms with Crippen LogP contribution < -0.4 is 42.1 Å². The van der Waals surface area contributed by atoms with Gasteiger partial charge in [-0.2, -0.15) is 0 Å². The standard InChI is InChI=1S/C24H28N4O2.3ClH/c1-20(17-26-12-14-27(15-13-26)18-21-7-3-2-4-8-21)28(23-9-5-6-11-25-23)24(29)22-10-16-30-19-22;;;/h2-11,16,19-20H,12-15,17-18H2,1H3;3*1H/p-3. The Kier molecular flexibility index (Phi) is 12.5. The Morgan fingerprint density at radius 3 is 2.24 bits per heavy atom. The van der Waals surface area contributed by atoms with E-state index in [0.29, 0.717) is 11.4 Å². The Balaban J connectivity index is 0.00000181. The molecule has 2 aromatic heterocycles. The van der Waals surface area contributed by atoms with E-state index in [1.807, 2.05) is 18.2 Å². The Labute approximate surface area is 214 Å². The maximum Gasteiger partial charge on any atom is 0.262 e. The van der Waals surface area contributed by atoms with Crippen LogP contribution in [0.25, 0.3) is 0 Å². The lowest BCUT2D eigenvalue weighted by atomic mass is 10.1. The van der Waals surface area contributed by atoms with Crippen LogP contribution in [-0.2, 0) is 6.54 Å². The second-order valence-corrected chi connectivity index (χ2v) is 7.79. The molecular weight excluding hydrogens is 483 g/mol. The molecule has 0 radical (unpaired) electrons. The number of hydrogen-bond acceptors (Lipinski definition) is 5. The van der Waals surface area contributed by atoms with Crippen molar-refractivity contribution in [2.75, 3.05) is 37.6 Å². The number of rotatable bonds is 7. The molecule has 1 atom stereocenters. The van der Waals surface area contributed by atoms with Gasteiger partial charge in [0.15, 0.2) is 0 Å². The molecule has 4 rings (SSSR count). The van der Waals surface area contributed by atoms with E-state index in [9.17, 15) is 4.79 Å². The molecule has 1 aliphatic heterocycles. The van der Waals surface area contributed by atoms with E-state index in [2.05, 4.69) is 52.0 Å². The van der Waals surface area contributed by atoms with Crippen LogP contribution >= 0.6 is 0 Å². The van der Waals surface area contributed by atoms with Crippen LogP contribution in [0.2, 0.25) is 0 Å². The molecule has 33 heavy (non-hydrogen) atoms. The fraction of sp³-hybridized carbons (Fsp3) is 0.333. The van der Waals surface area contributed by atoms with Crippen molar-refractivity contribution in [1.82, 2.24) is 14.8 Å². The molecular formula is C24H28Cl3N4O2-3. The van der Waals surface area contributed by atoms with Gasteiger partial charge in [0.25, 0.3) is 5.91 Å². The van der Waals surface area contributed by atoms with Gasteiger partial charge in [0.1, 0.15) is 12.1 Å². The van der Waals surface area contributed by atoms with Gasteiger partial charge in [-0.25, -0.2) is 4.98 Å². The second-order valence-electron chi connectivity index (χ2n) is 7.79. The third-order valence-corrected chi connectivity index (χ3v) is 5.56. The lowest BCUT2D eigenvalue weighted by Gasteiger charge is -2.38. The number of piperazine rings is 1. The number of nitrogens with zero attached hydrogens (tertiary/aromatic N) is 4. The first-order valence-electron chi connectivity index (χ1n) is 10.5. The smallest absolute Gasteiger partial charge is 0.262 e. The fourth-order valence-corrected chi connectivity index (χ4v) is 3.98. The monoisotopic (exact) mass is 509 g/mol. The number of furan rings is 1. The number of amides is 1. The minimum absolute atomic E-state index is 0. The van der Waals surface area contributed by atoms with Gasteiger partial charge < -0.3 is 41.6 Å². The summed E-state index contributed by atoms with van der Waals surface area (Å²) in [6.45, 7) is 7.92. The molecule has 0 N–H and O–H groups in total. The van der Waals surface area contributed by atoms with Crippen LogP contribution in [0.1, 0.15) is 22.8 Å². The molecule has 1 aliphatic rings. The van der Waals surface area contributed by atoms with Crippen LogP contribution in [0, 0.1) is 0 Å². The predicted molar refractivity (Wildman–Crippen MR) is 117 cm³/mol. The summed E-state index contributed by atoms with van der Waals surface area (Å²) in [5.74, 6) is 0.580. The van der Waals surface area contributed by atoms with Gasteiger partial charge in [0.2, 0.25) is 0 Å². The number of hydrogen-bond donors (Lipinski definition) is 0. The number of carbonyl (C=O) groups excluding carboxylic acids is 1. The predicted octanol–water partition coefficient (Wildman–Crippen LogP) is -5.46. The third kappa shape index (κ3) is 7.73. The molecule has 1 aromatic carbocycles. The zero-order chi connectivity index (χ0) is 20.8. The number of anilines is 1. The number of halogens is 3. The van der Waals surface area contributed by atoms with Gasteiger partial charge in [-0.1, -0.05) is 36.4 Å². The van der Waals surface area contributed by atoms with E-state index >= 15 is 0 Å². The zero-order valence-electron chi connectivity index (χ0n) is 18.5. The Morgan fingerprint density at radius 2 is 1.64 bits per heavy atom. The van der Waals surface area contributed by atoms with Crippen LogP contribution in [0.4, 0.5) is 5.82 Å². The van der Waals surface area contributed by atoms with Crippen molar-refractivity contribution in [2.24, 2.45) is 0 Å². The van der Waals surface area contributed by atoms with Crippen molar-refractivity contribution in [3.8, 4) is 0 Å². The van der Waals surface area contributed by atoms with Gasteiger partial charge >= 0.3 is 0 Å². The molecule has 0 saturated carbocycles. The van der Waals surface area contributed by atoms with Crippen LogP contribution in [0.5, 0.6) is 0 Å². The van der Waals surface area contributed by atoms with E-state index in [-0.39, 0.29) is 49.2 Å². The van der Waals surface area contributed by atoms with Crippen LogP contribution in [-0.4, -0.2) is 59.5 Å². The minimum atomic E-state index is -0.0855. The van der Waals surface area contributed by atoms with Gasteiger partial charge in [0.05, 0.1) is 11.8 Å². The number of pyridine rings is 1. The van der Waals surface area contributed by atoms with Gasteiger partial charge in [-0.15, -0.1) is 0 Å². The number of carbonyl (C=O) groups is 1. The van der Waals surface area contributed by atoms with E-state index in [1.54, 1.807) is 17.2 Å². The Morgan fingerprint density at radius 1 is 0.970 bits per heavy atom. The van der Waals surface area contributed by atoms with E-state index in [0.717, 1.165) is 39.3 Å². The van der Waals surface area contributed by atoms with E-state index < -0.39 is 0 Å². The molecule has 3 aromatic rings. The second kappa shape index (κ2) is 14.2. The molecule has 0 bridgehead atoms. The molecule has 9 heteroatoms. The summed E-state index contributed by atoms with van der Waals surface area (Å²) in [5.41, 5.74) is 1.89. The topological polar surface area (TPSA) is 52.8 Å². The molecule has 1 fully saturated rings. The zero-order valence-corrected chi connectivity index (χ0v) is 20.8. The van der Waals surface area contributed by atoms with Crippen LogP contribution in [0.15, 0.2) is 77.7 Å². The average Bonchev–Trinajstić information content (AvgIpc) is 3.32. The quantitative estimate of drug-likeness (QED) is 0.318. The van der Waals surface area contributed by atoms with Crippen molar-refractivity contribution in [1.29, 1.82) is 0 Å². The summed E-state index contributed by atoms with van der Waals surface area (Å²) < 4.78 is 5.13. The van der Waals surface area contributed by atoms with E-state index in [1.165, 1.54) is 18.1 Å². The maximum atomic E-state index is 13.1. The first-order chi connectivity index (χ1) is 14.7. The first-order valence-corrected chi connectivity index (χ1v) is 10.5. The Bertz CT molecular complexity index is 921. The summed E-state index contributed by atoms with van der Waals surface area (Å²) in [7, 11) is 0. The summed E-state index contributed by atoms with van der Waals surface area (Å²) in [5, 5.41) is 0. The lowest BCUT2D eigenvalue weighted by molar-refractivity contribution is -0.00100. The first kappa shape index (κ1) is 28.9. The van der Waals surface area contributed by atoms with Gasteiger partial charge in [-0.05, 0) is 30.7 Å². The molecule has 1 unspecified atom stereocenters. The summed E-state index contributed by atoms with van der Waals surface area (Å²) >= 11 is 0. The SMILES string of the molecule is CC(CN1CCN(Cc2ccccc2)CC1)N(C(=O)c1ccoc1)c1ccccn1.[Cl-].[Cl-].[Cl-]. The highest BCUT2D eigenvalue weighted by molar-refractivity contribution is 6.05. The minimum Gasteiger partial charge on any atom is -1.00 e. The van der Waals surface area contributed by atoms with Crippen molar-refractivity contribution in [3.63, 3.8) is 0 Å². The van der Waals surface area contributed by atoms with Crippen molar-refractivity contribution in [2.45, 2.75) is 19.5 Å². The Hall–Kier alpha value is -2.09. The molecule has 0 aliphatic carbocycles. The van der Waals surface area contributed by atoms with Crippen molar-refractivity contribution in [3.05, 3.63) is 84.4 Å². The third-order valence-electron chi connectivity index (χ3n) is 5.56. The summed E-state index contributed by atoms with van der Waals surface area (Å²) in [4.78, 5) is 24.3. The van der Waals surface area contributed by atoms with Gasteiger partial charge in [0, 0.05) is 51.5 Å². The van der Waals surface area contributed by atoms with Gasteiger partial charge in [-0.3, -0.25) is 19.5 Å². The fourth-order valence-electron chi connectivity index (χ4n) is 3.98. The highest BCUT2D eigenvalue weighted by Gasteiger charge is 2.27. The van der Waals surface area contributed by atoms with Crippen LogP contribution in [0.3, 0.4) is 0 Å². The normalized spacial score (nSPS) is 14.8.